The molecule has 1 aliphatic rings. The molecule has 3 N–H and O–H groups in total. The molecule has 1 amide bonds. The molecule has 1 fully saturated rings. The van der Waals surface area contributed by atoms with Gasteiger partial charge in [-0.1, -0.05) is 0 Å². The van der Waals surface area contributed by atoms with E-state index < -0.39 is 6.61 Å². The van der Waals surface area contributed by atoms with Crippen LogP contribution in [0.5, 0.6) is 0 Å². The number of amides is 1. The summed E-state index contributed by atoms with van der Waals surface area (Å²) in [5, 5.41) is 14.5. The minimum Gasteiger partial charge on any atom is -0.387 e. The van der Waals surface area contributed by atoms with Gasteiger partial charge in [-0.15, -0.1) is 0 Å². The molecule has 1 aliphatic heterocycles. The quantitative estimate of drug-likeness (QED) is 0.495. The second-order valence-corrected chi connectivity index (χ2v) is 3.19. The summed E-state index contributed by atoms with van der Waals surface area (Å²) in [6.45, 7) is 5.29. The number of aliphatic hydroxyl groups excluding tert-OH is 1. The van der Waals surface area contributed by atoms with Crippen LogP contribution >= 0.6 is 0 Å². The van der Waals surface area contributed by atoms with E-state index in [9.17, 15) is 4.79 Å². The van der Waals surface area contributed by atoms with Crippen molar-refractivity contribution in [1.82, 2.24) is 15.5 Å². The summed E-state index contributed by atoms with van der Waals surface area (Å²) in [7, 11) is 0. The fourth-order valence-electron chi connectivity index (χ4n) is 1.44. The van der Waals surface area contributed by atoms with Gasteiger partial charge in [0.1, 0.15) is 6.61 Å². The molecule has 0 aliphatic carbocycles. The summed E-state index contributed by atoms with van der Waals surface area (Å²) >= 11 is 0. The van der Waals surface area contributed by atoms with Crippen LogP contribution in [0.1, 0.15) is 6.92 Å². The van der Waals surface area contributed by atoms with Crippen LogP contribution in [0.3, 0.4) is 0 Å². The monoisotopic (exact) mass is 187 g/mol. The van der Waals surface area contributed by atoms with Crippen LogP contribution in [0.2, 0.25) is 0 Å². The van der Waals surface area contributed by atoms with Crippen LogP contribution in [0.4, 0.5) is 0 Å². The van der Waals surface area contributed by atoms with E-state index in [1.54, 1.807) is 0 Å². The van der Waals surface area contributed by atoms with E-state index in [-0.39, 0.29) is 12.1 Å². The summed E-state index contributed by atoms with van der Waals surface area (Å²) in [6.07, 6.45) is 0.0155. The maximum absolute atomic E-state index is 10.9. The van der Waals surface area contributed by atoms with Gasteiger partial charge in [0.25, 0.3) is 0 Å². The highest BCUT2D eigenvalue weighted by molar-refractivity contribution is 5.77. The van der Waals surface area contributed by atoms with E-state index in [1.807, 2.05) is 6.92 Å². The molecule has 1 heterocycles. The smallest absolute Gasteiger partial charge is 0.246 e. The lowest BCUT2D eigenvalue weighted by Crippen LogP contribution is -2.54. The molecule has 0 aromatic carbocycles. The van der Waals surface area contributed by atoms with Crippen LogP contribution in [0.25, 0.3) is 0 Å². The third-order valence-electron chi connectivity index (χ3n) is 2.21. The Morgan fingerprint density at radius 3 is 2.77 bits per heavy atom. The first-order valence-corrected chi connectivity index (χ1v) is 4.59. The van der Waals surface area contributed by atoms with Gasteiger partial charge in [0.2, 0.25) is 5.91 Å². The van der Waals surface area contributed by atoms with Crippen LogP contribution in [0, 0.1) is 0 Å². The maximum atomic E-state index is 10.9. The number of nitrogens with zero attached hydrogens (tertiary/aromatic N) is 1. The Bertz CT molecular complexity index is 169. The molecule has 0 spiro atoms. The van der Waals surface area contributed by atoms with Gasteiger partial charge in [-0.2, -0.15) is 0 Å². The van der Waals surface area contributed by atoms with Crippen molar-refractivity contribution in [1.29, 1.82) is 0 Å². The largest absolute Gasteiger partial charge is 0.387 e. The fourth-order valence-corrected chi connectivity index (χ4v) is 1.44. The van der Waals surface area contributed by atoms with Crippen LogP contribution in [0.15, 0.2) is 0 Å². The second-order valence-electron chi connectivity index (χ2n) is 3.19. The Balaban J connectivity index is 2.28. The van der Waals surface area contributed by atoms with Crippen LogP contribution in [-0.4, -0.2) is 54.9 Å². The van der Waals surface area contributed by atoms with Gasteiger partial charge in [0.05, 0.1) is 6.17 Å². The molecule has 1 saturated heterocycles. The van der Waals surface area contributed by atoms with Gasteiger partial charge in [-0.25, -0.2) is 0 Å². The first kappa shape index (κ1) is 10.4. The highest BCUT2D eigenvalue weighted by atomic mass is 16.3. The van der Waals surface area contributed by atoms with Crippen molar-refractivity contribution >= 4 is 5.91 Å². The number of rotatable bonds is 3. The van der Waals surface area contributed by atoms with E-state index in [0.717, 1.165) is 26.2 Å². The number of aliphatic hydroxyl groups is 1. The zero-order valence-corrected chi connectivity index (χ0v) is 7.92. The van der Waals surface area contributed by atoms with E-state index in [1.165, 1.54) is 0 Å². The molecule has 5 nitrogen and oxygen atoms in total. The Kier molecular flexibility index (Phi) is 4.14. The average molecular weight is 187 g/mol. The van der Waals surface area contributed by atoms with Crippen molar-refractivity contribution < 1.29 is 9.90 Å². The Morgan fingerprint density at radius 2 is 2.23 bits per heavy atom. The molecular weight excluding hydrogens is 170 g/mol. The summed E-state index contributed by atoms with van der Waals surface area (Å²) in [5.41, 5.74) is 0. The van der Waals surface area contributed by atoms with Crippen molar-refractivity contribution in [3.05, 3.63) is 0 Å². The zero-order chi connectivity index (χ0) is 9.68. The SMILES string of the molecule is CC(NC(=O)CO)N1CCNCC1. The van der Waals surface area contributed by atoms with Crippen molar-refractivity contribution in [3.8, 4) is 0 Å². The number of hydrogen-bond donors (Lipinski definition) is 3. The standard InChI is InChI=1S/C8H17N3O2/c1-7(10-8(13)6-12)11-4-2-9-3-5-11/h7,9,12H,2-6H2,1H3,(H,10,13). The molecule has 13 heavy (non-hydrogen) atoms. The second kappa shape index (κ2) is 5.16. The van der Waals surface area contributed by atoms with E-state index >= 15 is 0 Å². The Morgan fingerprint density at radius 1 is 1.62 bits per heavy atom. The topological polar surface area (TPSA) is 64.6 Å². The van der Waals surface area contributed by atoms with E-state index in [4.69, 9.17) is 5.11 Å². The molecule has 0 saturated carbocycles. The van der Waals surface area contributed by atoms with Gasteiger partial charge in [-0.3, -0.25) is 9.69 Å². The van der Waals surface area contributed by atoms with Gasteiger partial charge < -0.3 is 15.7 Å². The maximum Gasteiger partial charge on any atom is 0.246 e. The number of carbonyl (C=O) groups excluding carboxylic acids is 1. The molecule has 76 valence electrons. The molecule has 0 bridgehead atoms. The van der Waals surface area contributed by atoms with Gasteiger partial charge in [-0.05, 0) is 6.92 Å². The van der Waals surface area contributed by atoms with Gasteiger partial charge in [0, 0.05) is 26.2 Å². The Hall–Kier alpha value is -0.650. The minimum absolute atomic E-state index is 0.0155. The fraction of sp³-hybridized carbons (Fsp3) is 0.875. The molecule has 0 radical (unpaired) electrons. The van der Waals surface area contributed by atoms with Crippen molar-refractivity contribution in [2.75, 3.05) is 32.8 Å². The van der Waals surface area contributed by atoms with Crippen molar-refractivity contribution in [2.24, 2.45) is 0 Å². The summed E-state index contributed by atoms with van der Waals surface area (Å²) in [6, 6.07) is 0. The molecule has 1 rings (SSSR count). The molecule has 1 unspecified atom stereocenters. The van der Waals surface area contributed by atoms with Crippen LogP contribution in [-0.2, 0) is 4.79 Å². The van der Waals surface area contributed by atoms with Gasteiger partial charge in [0.15, 0.2) is 0 Å². The van der Waals surface area contributed by atoms with Gasteiger partial charge >= 0.3 is 0 Å². The number of hydrogen-bond acceptors (Lipinski definition) is 4. The Labute approximate surface area is 78.1 Å². The lowest BCUT2D eigenvalue weighted by molar-refractivity contribution is -0.125. The zero-order valence-electron chi connectivity index (χ0n) is 7.92. The first-order chi connectivity index (χ1) is 6.24. The average Bonchev–Trinajstić information content (AvgIpc) is 2.19. The van der Waals surface area contributed by atoms with Crippen molar-refractivity contribution in [3.63, 3.8) is 0 Å². The van der Waals surface area contributed by atoms with E-state index in [2.05, 4.69) is 15.5 Å². The highest BCUT2D eigenvalue weighted by Gasteiger charge is 2.17. The lowest BCUT2D eigenvalue weighted by atomic mass is 10.3. The predicted molar refractivity (Wildman–Crippen MR) is 49.1 cm³/mol. The molecule has 0 aromatic rings. The normalized spacial score (nSPS) is 21.1. The summed E-state index contributed by atoms with van der Waals surface area (Å²) in [4.78, 5) is 13.0. The summed E-state index contributed by atoms with van der Waals surface area (Å²) in [5.74, 6) is -0.314. The lowest BCUT2D eigenvalue weighted by Gasteiger charge is -2.32. The third kappa shape index (κ3) is 3.30. The molecule has 1 atom stereocenters. The summed E-state index contributed by atoms with van der Waals surface area (Å²) < 4.78 is 0. The van der Waals surface area contributed by atoms with E-state index in [0.29, 0.717) is 0 Å². The first-order valence-electron chi connectivity index (χ1n) is 4.59. The number of piperazine rings is 1. The highest BCUT2D eigenvalue weighted by Crippen LogP contribution is 1.97. The number of carbonyl (C=O) groups is 1. The molecule has 5 heteroatoms. The predicted octanol–water partition coefficient (Wildman–Crippen LogP) is -1.65. The number of nitrogens with one attached hydrogen (secondary N) is 2. The third-order valence-corrected chi connectivity index (χ3v) is 2.21. The van der Waals surface area contributed by atoms with Crippen molar-refractivity contribution in [2.45, 2.75) is 13.1 Å². The molecule has 0 aromatic heterocycles. The minimum atomic E-state index is -0.434. The molecular formula is C8H17N3O2. The van der Waals surface area contributed by atoms with Crippen LogP contribution < -0.4 is 10.6 Å².